The van der Waals surface area contributed by atoms with Crippen molar-refractivity contribution in [1.29, 1.82) is 0 Å². The molecule has 0 aromatic heterocycles. The van der Waals surface area contributed by atoms with Crippen LogP contribution in [0.5, 0.6) is 5.75 Å². The molecule has 6 nitrogen and oxygen atoms in total. The third-order valence-corrected chi connectivity index (χ3v) is 5.70. The number of carbonyl (C=O) groups excluding carboxylic acids is 1. The molecule has 0 fully saturated rings. The van der Waals surface area contributed by atoms with E-state index >= 15 is 0 Å². The maximum atomic E-state index is 13.0. The first-order valence-electron chi connectivity index (χ1n) is 9.73. The van der Waals surface area contributed by atoms with Gasteiger partial charge < -0.3 is 10.1 Å². The first-order valence-corrected chi connectivity index (χ1v) is 11.6. The fourth-order valence-electron chi connectivity index (χ4n) is 3.38. The summed E-state index contributed by atoms with van der Waals surface area (Å²) in [6.45, 7) is 8.30. The predicted octanol–water partition coefficient (Wildman–Crippen LogP) is 3.56. The molecule has 0 saturated heterocycles. The van der Waals surface area contributed by atoms with Crippen molar-refractivity contribution in [1.82, 2.24) is 5.32 Å². The van der Waals surface area contributed by atoms with Crippen LogP contribution in [-0.2, 0) is 21.4 Å². The minimum absolute atomic E-state index is 0.260. The molecule has 0 spiro atoms. The van der Waals surface area contributed by atoms with Gasteiger partial charge in [0.2, 0.25) is 15.9 Å². The largest absolute Gasteiger partial charge is 0.494 e. The van der Waals surface area contributed by atoms with Gasteiger partial charge in [-0.2, -0.15) is 0 Å². The van der Waals surface area contributed by atoms with Crippen LogP contribution in [0.4, 0.5) is 5.69 Å². The van der Waals surface area contributed by atoms with Crippen LogP contribution in [0.25, 0.3) is 0 Å². The number of para-hydroxylation sites is 1. The summed E-state index contributed by atoms with van der Waals surface area (Å²) < 4.78 is 32.0. The highest BCUT2D eigenvalue weighted by molar-refractivity contribution is 7.92. The maximum Gasteiger partial charge on any atom is 0.244 e. The molecule has 2 aromatic carbocycles. The van der Waals surface area contributed by atoms with Gasteiger partial charge in [-0.15, -0.1) is 0 Å². The van der Waals surface area contributed by atoms with Crippen LogP contribution in [0.1, 0.15) is 37.0 Å². The van der Waals surface area contributed by atoms with Crippen LogP contribution in [0.3, 0.4) is 0 Å². The molecule has 29 heavy (non-hydrogen) atoms. The highest BCUT2D eigenvalue weighted by Crippen LogP contribution is 2.25. The molecular weight excluding hydrogens is 388 g/mol. The number of hydrogen-bond acceptors (Lipinski definition) is 4. The lowest BCUT2D eigenvalue weighted by molar-refractivity contribution is -0.122. The molecule has 0 saturated carbocycles. The average molecular weight is 419 g/mol. The first kappa shape index (κ1) is 22.7. The Bertz CT molecular complexity index is 937. The molecule has 0 aliphatic rings. The zero-order valence-electron chi connectivity index (χ0n) is 17.7. The minimum atomic E-state index is -3.66. The highest BCUT2D eigenvalue weighted by Gasteiger charge is 2.31. The van der Waals surface area contributed by atoms with Crippen molar-refractivity contribution in [3.05, 3.63) is 59.2 Å². The van der Waals surface area contributed by atoms with E-state index < -0.39 is 16.1 Å². The molecular formula is C22H30N2O4S. The lowest BCUT2D eigenvalue weighted by atomic mass is 10.1. The molecule has 0 aliphatic carbocycles. The second kappa shape index (κ2) is 9.78. The zero-order valence-corrected chi connectivity index (χ0v) is 18.5. The van der Waals surface area contributed by atoms with Gasteiger partial charge in [0.1, 0.15) is 11.8 Å². The molecule has 1 unspecified atom stereocenters. The van der Waals surface area contributed by atoms with Gasteiger partial charge in [-0.1, -0.05) is 31.2 Å². The van der Waals surface area contributed by atoms with E-state index in [1.54, 1.807) is 19.1 Å². The number of carbonyl (C=O) groups is 1. The molecule has 0 aliphatic heterocycles. The lowest BCUT2D eigenvalue weighted by Gasteiger charge is -2.30. The Balaban J connectivity index is 2.30. The minimum Gasteiger partial charge on any atom is -0.494 e. The van der Waals surface area contributed by atoms with Gasteiger partial charge in [0, 0.05) is 12.1 Å². The Morgan fingerprint density at radius 3 is 2.28 bits per heavy atom. The topological polar surface area (TPSA) is 75.7 Å². The van der Waals surface area contributed by atoms with Crippen molar-refractivity contribution >= 4 is 21.6 Å². The second-order valence-corrected chi connectivity index (χ2v) is 8.95. The fraction of sp³-hybridized carbons (Fsp3) is 0.409. The highest BCUT2D eigenvalue weighted by atomic mass is 32.2. The fourth-order valence-corrected chi connectivity index (χ4v) is 4.58. The van der Waals surface area contributed by atoms with Crippen molar-refractivity contribution in [2.75, 3.05) is 17.2 Å². The predicted molar refractivity (Wildman–Crippen MR) is 117 cm³/mol. The monoisotopic (exact) mass is 418 g/mol. The third kappa shape index (κ3) is 5.97. The van der Waals surface area contributed by atoms with Crippen molar-refractivity contribution in [2.45, 2.75) is 46.7 Å². The van der Waals surface area contributed by atoms with E-state index in [0.29, 0.717) is 24.5 Å². The maximum absolute atomic E-state index is 13.0. The van der Waals surface area contributed by atoms with Gasteiger partial charge in [0.05, 0.1) is 18.6 Å². The summed E-state index contributed by atoms with van der Waals surface area (Å²) in [4.78, 5) is 13.0. The SMILES string of the molecule is CCOc1ccccc1CNC(=O)C(CC)N(c1cc(C)cc(C)c1)S(C)(=O)=O. The number of sulfonamides is 1. The van der Waals surface area contributed by atoms with Gasteiger partial charge in [-0.05, 0) is 56.5 Å². The van der Waals surface area contributed by atoms with Crippen molar-refractivity contribution in [3.8, 4) is 5.75 Å². The third-order valence-electron chi connectivity index (χ3n) is 4.52. The standard InChI is InChI=1S/C22H30N2O4S/c1-6-20(22(25)23-15-18-10-8-9-11-21(18)28-7-2)24(29(5,26)27)19-13-16(3)12-17(4)14-19/h8-14,20H,6-7,15H2,1-5H3,(H,23,25). The molecule has 1 amide bonds. The first-order chi connectivity index (χ1) is 13.7. The zero-order chi connectivity index (χ0) is 21.6. The molecule has 0 radical (unpaired) electrons. The summed E-state index contributed by atoms with van der Waals surface area (Å²) in [6.07, 6.45) is 1.48. The Labute approximate surface area is 173 Å². The molecule has 2 rings (SSSR count). The summed E-state index contributed by atoms with van der Waals surface area (Å²) in [5, 5.41) is 2.88. The van der Waals surface area contributed by atoms with Gasteiger partial charge in [0.25, 0.3) is 0 Å². The van der Waals surface area contributed by atoms with E-state index in [9.17, 15) is 13.2 Å². The number of hydrogen-bond donors (Lipinski definition) is 1. The summed E-state index contributed by atoms with van der Waals surface area (Å²) in [5.41, 5.74) is 3.22. The van der Waals surface area contributed by atoms with E-state index in [1.807, 2.05) is 51.1 Å². The molecule has 2 aromatic rings. The number of benzene rings is 2. The van der Waals surface area contributed by atoms with Crippen molar-refractivity contribution in [2.24, 2.45) is 0 Å². The number of ether oxygens (including phenoxy) is 1. The van der Waals surface area contributed by atoms with Crippen LogP contribution < -0.4 is 14.4 Å². The molecule has 0 bridgehead atoms. The Morgan fingerprint density at radius 2 is 1.72 bits per heavy atom. The lowest BCUT2D eigenvalue weighted by Crippen LogP contribution is -2.49. The van der Waals surface area contributed by atoms with Gasteiger partial charge in [0.15, 0.2) is 0 Å². The summed E-state index contributed by atoms with van der Waals surface area (Å²) in [5.74, 6) is 0.362. The van der Waals surface area contributed by atoms with Crippen molar-refractivity contribution < 1.29 is 17.9 Å². The van der Waals surface area contributed by atoms with Crippen LogP contribution in [0.15, 0.2) is 42.5 Å². The van der Waals surface area contributed by atoms with Gasteiger partial charge >= 0.3 is 0 Å². The number of amides is 1. The smallest absolute Gasteiger partial charge is 0.244 e. The molecule has 158 valence electrons. The van der Waals surface area contributed by atoms with Crippen molar-refractivity contribution in [3.63, 3.8) is 0 Å². The number of rotatable bonds is 9. The quantitative estimate of drug-likeness (QED) is 0.676. The number of nitrogens with one attached hydrogen (secondary N) is 1. The Morgan fingerprint density at radius 1 is 1.10 bits per heavy atom. The summed E-state index contributed by atoms with van der Waals surface area (Å²) >= 11 is 0. The van der Waals surface area contributed by atoms with E-state index in [1.165, 1.54) is 4.31 Å². The Hall–Kier alpha value is -2.54. The van der Waals surface area contributed by atoms with E-state index in [4.69, 9.17) is 4.74 Å². The summed E-state index contributed by atoms with van der Waals surface area (Å²) in [7, 11) is -3.66. The van der Waals surface area contributed by atoms with Crippen LogP contribution >= 0.6 is 0 Å². The van der Waals surface area contributed by atoms with Gasteiger partial charge in [-0.25, -0.2) is 8.42 Å². The van der Waals surface area contributed by atoms with Crippen LogP contribution in [0, 0.1) is 13.8 Å². The number of aryl methyl sites for hydroxylation is 2. The Kier molecular flexibility index (Phi) is 7.67. The van der Waals surface area contributed by atoms with Crippen LogP contribution in [-0.4, -0.2) is 33.2 Å². The number of anilines is 1. The second-order valence-electron chi connectivity index (χ2n) is 7.09. The molecule has 1 atom stereocenters. The van der Waals surface area contributed by atoms with E-state index in [0.717, 1.165) is 22.9 Å². The summed E-state index contributed by atoms with van der Waals surface area (Å²) in [6, 6.07) is 12.2. The van der Waals surface area contributed by atoms with Crippen LogP contribution in [0.2, 0.25) is 0 Å². The average Bonchev–Trinajstić information content (AvgIpc) is 2.63. The van der Waals surface area contributed by atoms with Gasteiger partial charge in [-0.3, -0.25) is 9.10 Å². The molecule has 1 N–H and O–H groups in total. The van der Waals surface area contributed by atoms with E-state index in [2.05, 4.69) is 5.32 Å². The molecule has 7 heteroatoms. The number of nitrogens with zero attached hydrogens (tertiary/aromatic N) is 1. The molecule has 0 heterocycles. The normalized spacial score (nSPS) is 12.3. The van der Waals surface area contributed by atoms with E-state index in [-0.39, 0.29) is 12.5 Å².